The van der Waals surface area contributed by atoms with Crippen molar-refractivity contribution in [2.75, 3.05) is 30.7 Å². The van der Waals surface area contributed by atoms with Gasteiger partial charge < -0.3 is 24.8 Å². The van der Waals surface area contributed by atoms with Crippen molar-refractivity contribution >= 4 is 28.6 Å². The number of benzene rings is 1. The maximum atomic E-state index is 13.3. The van der Waals surface area contributed by atoms with Gasteiger partial charge in [-0.25, -0.2) is 0 Å². The molecule has 1 aromatic carbocycles. The predicted molar refractivity (Wildman–Crippen MR) is 139 cm³/mol. The van der Waals surface area contributed by atoms with Crippen LogP contribution >= 0.6 is 0 Å². The largest absolute Gasteiger partial charge is 0.772 e. The number of hydrogen-bond acceptors (Lipinski definition) is 6. The van der Waals surface area contributed by atoms with Gasteiger partial charge in [0.2, 0.25) is 11.8 Å². The number of rotatable bonds is 15. The molecule has 0 heterocycles. The van der Waals surface area contributed by atoms with Crippen molar-refractivity contribution in [2.45, 2.75) is 77.6 Å². The fourth-order valence-corrected chi connectivity index (χ4v) is 5.09. The predicted octanol–water partition coefficient (Wildman–Crippen LogP) is 4.60. The van der Waals surface area contributed by atoms with Gasteiger partial charge >= 0.3 is 6.36 Å². The van der Waals surface area contributed by atoms with Gasteiger partial charge in [0.05, 0.1) is 0 Å². The van der Waals surface area contributed by atoms with E-state index in [0.29, 0.717) is 37.5 Å². The molecule has 3 atom stereocenters. The fraction of sp³-hybridized carbons (Fsp3) is 0.692. The number of hydrogen-bond donors (Lipinski definition) is 2. The van der Waals surface area contributed by atoms with Gasteiger partial charge in [0.25, 0.3) is 0 Å². The summed E-state index contributed by atoms with van der Waals surface area (Å²) in [6, 6.07) is 5.01. The van der Waals surface area contributed by atoms with E-state index in [0.717, 1.165) is 25.7 Å². The second-order valence-corrected chi connectivity index (χ2v) is 10.9. The van der Waals surface area contributed by atoms with Crippen LogP contribution in [0.2, 0.25) is 0 Å². The first kappa shape index (κ1) is 31.9. The third-order valence-electron chi connectivity index (χ3n) is 6.60. The van der Waals surface area contributed by atoms with Crippen molar-refractivity contribution in [3.8, 4) is 5.75 Å². The molecule has 1 aliphatic rings. The smallest absolute Gasteiger partial charge is 0.573 e. The Morgan fingerprint density at radius 1 is 1.16 bits per heavy atom. The summed E-state index contributed by atoms with van der Waals surface area (Å²) in [5.74, 6) is -1.07. The Morgan fingerprint density at radius 3 is 2.39 bits per heavy atom. The fourth-order valence-electron chi connectivity index (χ4n) is 4.72. The number of anilines is 1. The molecular formula is C26H39F3N3O5S-. The van der Waals surface area contributed by atoms with Gasteiger partial charge in [0.15, 0.2) is 0 Å². The van der Waals surface area contributed by atoms with E-state index in [9.17, 15) is 31.5 Å². The van der Waals surface area contributed by atoms with Gasteiger partial charge in [-0.3, -0.25) is 13.8 Å². The lowest BCUT2D eigenvalue weighted by atomic mass is 9.81. The molecule has 0 bridgehead atoms. The first-order valence-corrected chi connectivity index (χ1v) is 14.4. The second kappa shape index (κ2) is 15.9. The summed E-state index contributed by atoms with van der Waals surface area (Å²) in [5, 5.41) is 6.04. The molecule has 8 nitrogen and oxygen atoms in total. The summed E-state index contributed by atoms with van der Waals surface area (Å²) in [7, 11) is 0. The zero-order chi connectivity index (χ0) is 28.1. The van der Waals surface area contributed by atoms with E-state index >= 15 is 0 Å². The standard InChI is InChI=1S/C26H40F3N3O5S/c1-3-13-32(14-15-38(35)36)24(33)17-21(16-20-7-5-4-6-8-20)25(34)31-19(2)18-30-22-9-11-23(12-10-22)37-26(27,28)29/h9-12,19-21,30H,3-8,13-18H2,1-2H3,(H,31,34)(H,35,36)/p-1/t19-,21+/m0/s1. The molecular weight excluding hydrogens is 523 g/mol. The van der Waals surface area contributed by atoms with E-state index in [4.69, 9.17) is 0 Å². The molecule has 1 aliphatic carbocycles. The molecule has 0 spiro atoms. The average molecular weight is 563 g/mol. The van der Waals surface area contributed by atoms with Crippen LogP contribution in [-0.4, -0.2) is 63.3 Å². The molecule has 1 aromatic rings. The van der Waals surface area contributed by atoms with Crippen LogP contribution in [0, 0.1) is 11.8 Å². The second-order valence-electron chi connectivity index (χ2n) is 9.89. The van der Waals surface area contributed by atoms with Gasteiger partial charge in [-0.05, 0) is 49.9 Å². The minimum atomic E-state index is -4.76. The highest BCUT2D eigenvalue weighted by Gasteiger charge is 2.31. The number of amides is 2. The number of carbonyl (C=O) groups excluding carboxylic acids is 2. The van der Waals surface area contributed by atoms with Crippen LogP contribution in [0.1, 0.15) is 65.2 Å². The number of nitrogens with zero attached hydrogens (tertiary/aromatic N) is 1. The van der Waals surface area contributed by atoms with Gasteiger partial charge in [-0.15, -0.1) is 13.2 Å². The minimum absolute atomic E-state index is 0.0225. The first-order valence-electron chi connectivity index (χ1n) is 13.2. The van der Waals surface area contributed by atoms with Crippen molar-refractivity contribution in [3.05, 3.63) is 24.3 Å². The number of nitrogens with one attached hydrogen (secondary N) is 2. The van der Waals surface area contributed by atoms with Gasteiger partial charge in [-0.1, -0.05) is 50.1 Å². The monoisotopic (exact) mass is 562 g/mol. The molecule has 2 rings (SSSR count). The number of alkyl halides is 3. The van der Waals surface area contributed by atoms with Crippen LogP contribution in [0.25, 0.3) is 0 Å². The van der Waals surface area contributed by atoms with E-state index < -0.39 is 23.4 Å². The third kappa shape index (κ3) is 12.5. The summed E-state index contributed by atoms with van der Waals surface area (Å²) >= 11 is -2.25. The summed E-state index contributed by atoms with van der Waals surface area (Å²) in [6.07, 6.45) is 1.99. The maximum absolute atomic E-state index is 13.3. The number of carbonyl (C=O) groups is 2. The van der Waals surface area contributed by atoms with Crippen molar-refractivity contribution in [1.82, 2.24) is 10.2 Å². The summed E-state index contributed by atoms with van der Waals surface area (Å²) in [4.78, 5) is 27.9. The minimum Gasteiger partial charge on any atom is -0.772 e. The van der Waals surface area contributed by atoms with Crippen molar-refractivity contribution < 1.29 is 36.3 Å². The molecule has 1 unspecified atom stereocenters. The molecule has 0 radical (unpaired) electrons. The molecule has 216 valence electrons. The van der Waals surface area contributed by atoms with Gasteiger partial charge in [0.1, 0.15) is 5.75 Å². The highest BCUT2D eigenvalue weighted by Crippen LogP contribution is 2.31. The third-order valence-corrected chi connectivity index (χ3v) is 7.11. The van der Waals surface area contributed by atoms with Crippen LogP contribution in [0.5, 0.6) is 5.75 Å². The molecule has 38 heavy (non-hydrogen) atoms. The normalized spacial score (nSPS) is 16.8. The molecule has 0 aliphatic heterocycles. The van der Waals surface area contributed by atoms with Gasteiger partial charge in [0, 0.05) is 49.5 Å². The Hall–Kier alpha value is -2.34. The molecule has 12 heteroatoms. The molecule has 0 aromatic heterocycles. The van der Waals surface area contributed by atoms with Crippen LogP contribution < -0.4 is 15.4 Å². The molecule has 0 saturated heterocycles. The lowest BCUT2D eigenvalue weighted by Crippen LogP contribution is -2.44. The van der Waals surface area contributed by atoms with Crippen molar-refractivity contribution in [1.29, 1.82) is 0 Å². The maximum Gasteiger partial charge on any atom is 0.573 e. The summed E-state index contributed by atoms with van der Waals surface area (Å²) in [5.41, 5.74) is 0.570. The Morgan fingerprint density at radius 2 is 1.82 bits per heavy atom. The van der Waals surface area contributed by atoms with Crippen LogP contribution in [0.3, 0.4) is 0 Å². The van der Waals surface area contributed by atoms with Crippen molar-refractivity contribution in [3.63, 3.8) is 0 Å². The van der Waals surface area contributed by atoms with E-state index in [1.807, 2.05) is 6.92 Å². The summed E-state index contributed by atoms with van der Waals surface area (Å²) in [6.45, 7) is 4.58. The molecule has 1 saturated carbocycles. The average Bonchev–Trinajstić information content (AvgIpc) is 2.85. The van der Waals surface area contributed by atoms with E-state index in [1.165, 1.54) is 35.6 Å². The Bertz CT molecular complexity index is 895. The van der Waals surface area contributed by atoms with Crippen molar-refractivity contribution in [2.24, 2.45) is 11.8 Å². The van der Waals surface area contributed by atoms with E-state index in [1.54, 1.807) is 6.92 Å². The SMILES string of the molecule is CCCN(CCS(=O)[O-])C(=O)C[C@@H](CC1CCCCC1)C(=O)N[C@@H](C)CNc1ccc(OC(F)(F)F)cc1. The Labute approximate surface area is 225 Å². The zero-order valence-electron chi connectivity index (χ0n) is 22.1. The molecule has 2 N–H and O–H groups in total. The lowest BCUT2D eigenvalue weighted by molar-refractivity contribution is -0.274. The molecule has 2 amide bonds. The lowest BCUT2D eigenvalue weighted by Gasteiger charge is -2.29. The van der Waals surface area contributed by atoms with E-state index in [-0.39, 0.29) is 42.3 Å². The van der Waals surface area contributed by atoms with E-state index in [2.05, 4.69) is 15.4 Å². The Balaban J connectivity index is 1.97. The van der Waals surface area contributed by atoms with Crippen LogP contribution in [0.15, 0.2) is 24.3 Å². The number of halogens is 3. The highest BCUT2D eigenvalue weighted by atomic mass is 32.2. The highest BCUT2D eigenvalue weighted by molar-refractivity contribution is 7.79. The van der Waals surface area contributed by atoms with Crippen LogP contribution in [0.4, 0.5) is 18.9 Å². The quantitative estimate of drug-likeness (QED) is 0.303. The van der Waals surface area contributed by atoms with Gasteiger partial charge in [-0.2, -0.15) is 0 Å². The Kier molecular flexibility index (Phi) is 13.4. The molecule has 1 fully saturated rings. The summed E-state index contributed by atoms with van der Waals surface area (Å²) < 4.78 is 62.9. The zero-order valence-corrected chi connectivity index (χ0v) is 22.9. The first-order chi connectivity index (χ1) is 18.0. The van der Waals surface area contributed by atoms with Crippen LogP contribution in [-0.2, 0) is 20.7 Å². The number of ether oxygens (including phenoxy) is 1. The topological polar surface area (TPSA) is 111 Å².